The van der Waals surface area contributed by atoms with E-state index < -0.39 is 0 Å². The molecule has 0 bridgehead atoms. The van der Waals surface area contributed by atoms with Crippen LogP contribution in [0.4, 0.5) is 11.4 Å². The number of rotatable bonds is 2. The second-order valence-electron chi connectivity index (χ2n) is 4.88. The molecular weight excluding hydrogens is 198 g/mol. The minimum atomic E-state index is 0.844. The average Bonchev–Trinajstić information content (AvgIpc) is 2.26. The van der Waals surface area contributed by atoms with Gasteiger partial charge in [-0.3, -0.25) is 0 Å². The van der Waals surface area contributed by atoms with Crippen molar-refractivity contribution in [2.45, 2.75) is 0 Å². The van der Waals surface area contributed by atoms with E-state index in [9.17, 15) is 0 Å². The van der Waals surface area contributed by atoms with Gasteiger partial charge in [-0.1, -0.05) is 12.1 Å². The predicted molar refractivity (Wildman–Crippen MR) is 68.3 cm³/mol. The first-order valence-electron chi connectivity index (χ1n) is 6.10. The fourth-order valence-corrected chi connectivity index (χ4v) is 2.54. The molecule has 2 aliphatic rings. The van der Waals surface area contributed by atoms with Gasteiger partial charge < -0.3 is 15.1 Å². The molecule has 3 heteroatoms. The Balaban J connectivity index is 1.82. The lowest BCUT2D eigenvalue weighted by atomic mass is 10.0. The first kappa shape index (κ1) is 9.97. The van der Waals surface area contributed by atoms with Crippen LogP contribution in [-0.2, 0) is 0 Å². The normalized spacial score (nSPS) is 20.6. The minimum absolute atomic E-state index is 0.844. The standard InChI is InChI=1S/C13H19N3/c1-15-6-7-16(10-11-8-14-9-11)13-5-3-2-4-12(13)15/h2-5,11,14H,6-10H2,1H3. The molecule has 0 radical (unpaired) electrons. The molecule has 3 nitrogen and oxygen atoms in total. The molecule has 0 saturated carbocycles. The highest BCUT2D eigenvalue weighted by molar-refractivity contribution is 5.73. The van der Waals surface area contributed by atoms with E-state index in [4.69, 9.17) is 0 Å². The van der Waals surface area contributed by atoms with Crippen LogP contribution in [0.15, 0.2) is 24.3 Å². The minimum Gasteiger partial charge on any atom is -0.371 e. The largest absolute Gasteiger partial charge is 0.371 e. The second kappa shape index (κ2) is 3.98. The lowest BCUT2D eigenvalue weighted by Gasteiger charge is -2.40. The zero-order chi connectivity index (χ0) is 11.0. The number of hydrogen-bond acceptors (Lipinski definition) is 3. The zero-order valence-electron chi connectivity index (χ0n) is 9.82. The van der Waals surface area contributed by atoms with Gasteiger partial charge in [-0.15, -0.1) is 0 Å². The van der Waals surface area contributed by atoms with Gasteiger partial charge in [0.25, 0.3) is 0 Å². The van der Waals surface area contributed by atoms with E-state index >= 15 is 0 Å². The quantitative estimate of drug-likeness (QED) is 0.802. The molecule has 1 saturated heterocycles. The van der Waals surface area contributed by atoms with Crippen LogP contribution in [0.5, 0.6) is 0 Å². The number of fused-ring (bicyclic) bond motifs is 1. The van der Waals surface area contributed by atoms with E-state index in [1.54, 1.807) is 0 Å². The van der Waals surface area contributed by atoms with Gasteiger partial charge in [-0.05, 0) is 12.1 Å². The summed E-state index contributed by atoms with van der Waals surface area (Å²) in [4.78, 5) is 4.89. The number of benzene rings is 1. The maximum atomic E-state index is 3.35. The van der Waals surface area contributed by atoms with Gasteiger partial charge in [-0.25, -0.2) is 0 Å². The van der Waals surface area contributed by atoms with Gasteiger partial charge in [0.1, 0.15) is 0 Å². The molecule has 0 spiro atoms. The Morgan fingerprint density at radius 2 is 1.94 bits per heavy atom. The topological polar surface area (TPSA) is 18.5 Å². The molecule has 2 heterocycles. The molecule has 1 aromatic carbocycles. The van der Waals surface area contributed by atoms with Crippen LogP contribution in [0, 0.1) is 5.92 Å². The Morgan fingerprint density at radius 3 is 2.62 bits per heavy atom. The molecule has 0 atom stereocenters. The molecule has 0 aromatic heterocycles. The van der Waals surface area contributed by atoms with Crippen LogP contribution < -0.4 is 15.1 Å². The molecule has 16 heavy (non-hydrogen) atoms. The molecular formula is C13H19N3. The fourth-order valence-electron chi connectivity index (χ4n) is 2.54. The molecule has 86 valence electrons. The Hall–Kier alpha value is -1.22. The van der Waals surface area contributed by atoms with E-state index in [-0.39, 0.29) is 0 Å². The van der Waals surface area contributed by atoms with Crippen LogP contribution in [0.25, 0.3) is 0 Å². The van der Waals surface area contributed by atoms with Crippen molar-refractivity contribution in [3.8, 4) is 0 Å². The fraction of sp³-hybridized carbons (Fsp3) is 0.538. The van der Waals surface area contributed by atoms with E-state index in [2.05, 4.69) is 46.4 Å². The van der Waals surface area contributed by atoms with Crippen LogP contribution >= 0.6 is 0 Å². The first-order valence-corrected chi connectivity index (χ1v) is 6.10. The zero-order valence-corrected chi connectivity index (χ0v) is 9.82. The Bertz CT molecular complexity index is 373. The van der Waals surface area contributed by atoms with Crippen molar-refractivity contribution in [1.82, 2.24) is 5.32 Å². The number of likely N-dealkylation sites (N-methyl/N-ethyl adjacent to an activating group) is 1. The van der Waals surface area contributed by atoms with Gasteiger partial charge in [0.05, 0.1) is 11.4 Å². The Kier molecular flexibility index (Phi) is 2.48. The Labute approximate surface area is 97.0 Å². The molecule has 0 amide bonds. The smallest absolute Gasteiger partial charge is 0.0604 e. The average molecular weight is 217 g/mol. The SMILES string of the molecule is CN1CCN(CC2CNC2)c2ccccc21. The van der Waals surface area contributed by atoms with Crippen molar-refractivity contribution < 1.29 is 0 Å². The van der Waals surface area contributed by atoms with Gasteiger partial charge in [0, 0.05) is 45.7 Å². The van der Waals surface area contributed by atoms with Crippen molar-refractivity contribution >= 4 is 11.4 Å². The van der Waals surface area contributed by atoms with Gasteiger partial charge in [0.2, 0.25) is 0 Å². The summed E-state index contributed by atoms with van der Waals surface area (Å²) in [6.07, 6.45) is 0. The Morgan fingerprint density at radius 1 is 1.19 bits per heavy atom. The van der Waals surface area contributed by atoms with E-state index in [1.807, 2.05) is 0 Å². The van der Waals surface area contributed by atoms with E-state index in [0.29, 0.717) is 0 Å². The summed E-state index contributed by atoms with van der Waals surface area (Å²) in [7, 11) is 2.18. The third kappa shape index (κ3) is 1.65. The number of para-hydroxylation sites is 2. The first-order chi connectivity index (χ1) is 7.84. The van der Waals surface area contributed by atoms with Crippen LogP contribution in [-0.4, -0.2) is 39.8 Å². The third-order valence-corrected chi connectivity index (χ3v) is 3.68. The predicted octanol–water partition coefficient (Wildman–Crippen LogP) is 1.16. The maximum absolute atomic E-state index is 3.35. The van der Waals surface area contributed by atoms with Crippen molar-refractivity contribution in [3.63, 3.8) is 0 Å². The van der Waals surface area contributed by atoms with Crippen molar-refractivity contribution in [1.29, 1.82) is 0 Å². The highest BCUT2D eigenvalue weighted by Crippen LogP contribution is 2.32. The van der Waals surface area contributed by atoms with Crippen LogP contribution in [0.1, 0.15) is 0 Å². The van der Waals surface area contributed by atoms with Crippen molar-refractivity contribution in [3.05, 3.63) is 24.3 Å². The molecule has 3 rings (SSSR count). The number of anilines is 2. The highest BCUT2D eigenvalue weighted by Gasteiger charge is 2.24. The molecule has 0 aliphatic carbocycles. The summed E-state index contributed by atoms with van der Waals surface area (Å²) in [5.74, 6) is 0.844. The summed E-state index contributed by atoms with van der Waals surface area (Å²) in [6.45, 7) is 5.88. The summed E-state index contributed by atoms with van der Waals surface area (Å²) in [5.41, 5.74) is 2.78. The summed E-state index contributed by atoms with van der Waals surface area (Å²) >= 11 is 0. The maximum Gasteiger partial charge on any atom is 0.0604 e. The summed E-state index contributed by atoms with van der Waals surface area (Å²) < 4.78 is 0. The molecule has 2 aliphatic heterocycles. The highest BCUT2D eigenvalue weighted by atomic mass is 15.3. The molecule has 1 N–H and O–H groups in total. The van der Waals surface area contributed by atoms with E-state index in [1.165, 1.54) is 31.0 Å². The number of nitrogens with zero attached hydrogens (tertiary/aromatic N) is 2. The van der Waals surface area contributed by atoms with E-state index in [0.717, 1.165) is 19.0 Å². The van der Waals surface area contributed by atoms with Crippen LogP contribution in [0.3, 0.4) is 0 Å². The monoisotopic (exact) mass is 217 g/mol. The summed E-state index contributed by atoms with van der Waals surface area (Å²) in [5, 5.41) is 3.35. The van der Waals surface area contributed by atoms with Gasteiger partial charge >= 0.3 is 0 Å². The molecule has 0 unspecified atom stereocenters. The van der Waals surface area contributed by atoms with Crippen molar-refractivity contribution in [2.75, 3.05) is 49.6 Å². The third-order valence-electron chi connectivity index (χ3n) is 3.68. The van der Waals surface area contributed by atoms with Crippen molar-refractivity contribution in [2.24, 2.45) is 5.92 Å². The molecule has 1 aromatic rings. The lowest BCUT2D eigenvalue weighted by molar-refractivity contribution is 0.348. The summed E-state index contributed by atoms with van der Waals surface area (Å²) in [6, 6.07) is 8.74. The lowest BCUT2D eigenvalue weighted by Crippen LogP contribution is -2.50. The molecule has 1 fully saturated rings. The number of hydrogen-bond donors (Lipinski definition) is 1. The number of nitrogens with one attached hydrogen (secondary N) is 1. The van der Waals surface area contributed by atoms with Gasteiger partial charge in [-0.2, -0.15) is 0 Å². The second-order valence-corrected chi connectivity index (χ2v) is 4.88. The van der Waals surface area contributed by atoms with Crippen LogP contribution in [0.2, 0.25) is 0 Å². The van der Waals surface area contributed by atoms with Gasteiger partial charge in [0.15, 0.2) is 0 Å².